The standard InChI is InChI=1S/C23H23FO2S/c1-14(2)23(25)13-21-15(3)20(19-10-7-17(24)12-22(19)21)11-16-5-8-18(9-6-16)27(4)26/h5-12,14H,13H2,1-4H3/b20-11-. The molecule has 140 valence electrons. The molecule has 2 aromatic rings. The molecule has 3 rings (SSSR count). The molecular formula is C23H23FO2S. The molecule has 0 saturated carbocycles. The van der Waals surface area contributed by atoms with Gasteiger partial charge in [-0.25, -0.2) is 4.39 Å². The van der Waals surface area contributed by atoms with Crippen LogP contribution in [0.3, 0.4) is 0 Å². The predicted molar refractivity (Wildman–Crippen MR) is 110 cm³/mol. The quantitative estimate of drug-likeness (QED) is 0.640. The van der Waals surface area contributed by atoms with Crippen LogP contribution >= 0.6 is 0 Å². The minimum absolute atomic E-state index is 0.0576. The monoisotopic (exact) mass is 382 g/mol. The highest BCUT2D eigenvalue weighted by molar-refractivity contribution is 7.90. The Bertz CT molecular complexity index is 937. The van der Waals surface area contributed by atoms with Crippen molar-refractivity contribution in [2.45, 2.75) is 32.1 Å². The summed E-state index contributed by atoms with van der Waals surface area (Å²) in [5.41, 5.74) is 5.64. The molecule has 2 nitrogen and oxygen atoms in total. The minimum Gasteiger partial charge on any atom is -0.612 e. The second-order valence-electron chi connectivity index (χ2n) is 7.17. The molecule has 0 spiro atoms. The van der Waals surface area contributed by atoms with Gasteiger partial charge in [0.1, 0.15) is 17.9 Å². The van der Waals surface area contributed by atoms with Gasteiger partial charge >= 0.3 is 0 Å². The van der Waals surface area contributed by atoms with Crippen LogP contribution in [-0.4, -0.2) is 16.6 Å². The van der Waals surface area contributed by atoms with Crippen LogP contribution in [0.25, 0.3) is 17.2 Å². The average Bonchev–Trinajstić information content (AvgIpc) is 2.87. The fourth-order valence-corrected chi connectivity index (χ4v) is 3.80. The van der Waals surface area contributed by atoms with Gasteiger partial charge in [-0.2, -0.15) is 0 Å². The molecule has 1 atom stereocenters. The number of benzene rings is 2. The van der Waals surface area contributed by atoms with Gasteiger partial charge in [-0.05, 0) is 94.0 Å². The highest BCUT2D eigenvalue weighted by Gasteiger charge is 2.26. The van der Waals surface area contributed by atoms with Crippen molar-refractivity contribution in [2.24, 2.45) is 5.92 Å². The first-order valence-electron chi connectivity index (χ1n) is 8.96. The third kappa shape index (κ3) is 4.07. The lowest BCUT2D eigenvalue weighted by Crippen LogP contribution is -2.07. The number of carbonyl (C=O) groups is 1. The van der Waals surface area contributed by atoms with Crippen LogP contribution in [0.15, 0.2) is 52.9 Å². The third-order valence-corrected chi connectivity index (χ3v) is 5.91. The zero-order chi connectivity index (χ0) is 19.7. The molecule has 1 aliphatic carbocycles. The van der Waals surface area contributed by atoms with Crippen molar-refractivity contribution in [3.63, 3.8) is 0 Å². The lowest BCUT2D eigenvalue weighted by molar-refractivity contribution is -0.120. The zero-order valence-corrected chi connectivity index (χ0v) is 16.8. The summed E-state index contributed by atoms with van der Waals surface area (Å²) >= 11 is -1.01. The summed E-state index contributed by atoms with van der Waals surface area (Å²) in [7, 11) is 0. The van der Waals surface area contributed by atoms with Crippen LogP contribution < -0.4 is 0 Å². The smallest absolute Gasteiger partial charge is 0.152 e. The van der Waals surface area contributed by atoms with Gasteiger partial charge in [0.2, 0.25) is 0 Å². The Balaban J connectivity index is 2.06. The van der Waals surface area contributed by atoms with Crippen molar-refractivity contribution < 1.29 is 13.7 Å². The first-order chi connectivity index (χ1) is 12.8. The first kappa shape index (κ1) is 19.6. The number of allylic oxidation sites excluding steroid dienone is 3. The summed E-state index contributed by atoms with van der Waals surface area (Å²) in [4.78, 5) is 13.1. The van der Waals surface area contributed by atoms with Crippen LogP contribution in [0.5, 0.6) is 0 Å². The van der Waals surface area contributed by atoms with Crippen LogP contribution in [0.4, 0.5) is 4.39 Å². The van der Waals surface area contributed by atoms with Crippen molar-refractivity contribution >= 4 is 34.2 Å². The molecule has 2 aromatic carbocycles. The van der Waals surface area contributed by atoms with E-state index in [4.69, 9.17) is 0 Å². The Morgan fingerprint density at radius 1 is 1.15 bits per heavy atom. The summed E-state index contributed by atoms with van der Waals surface area (Å²) in [6, 6.07) is 12.3. The van der Waals surface area contributed by atoms with Gasteiger partial charge in [-0.15, -0.1) is 0 Å². The van der Waals surface area contributed by atoms with Gasteiger partial charge in [0.15, 0.2) is 4.90 Å². The van der Waals surface area contributed by atoms with Gasteiger partial charge in [0.05, 0.1) is 0 Å². The molecule has 1 unspecified atom stereocenters. The van der Waals surface area contributed by atoms with Crippen molar-refractivity contribution in [1.82, 2.24) is 0 Å². The maximum Gasteiger partial charge on any atom is 0.152 e. The van der Waals surface area contributed by atoms with E-state index in [1.54, 1.807) is 12.3 Å². The fraction of sp³-hybridized carbons (Fsp3) is 0.261. The number of hydrogen-bond donors (Lipinski definition) is 0. The fourth-order valence-electron chi connectivity index (χ4n) is 3.28. The van der Waals surface area contributed by atoms with E-state index in [1.807, 2.05) is 51.1 Å². The predicted octanol–water partition coefficient (Wildman–Crippen LogP) is 5.51. The summed E-state index contributed by atoms with van der Waals surface area (Å²) in [6.45, 7) is 5.76. The van der Waals surface area contributed by atoms with Gasteiger partial charge < -0.3 is 4.55 Å². The van der Waals surface area contributed by atoms with E-state index in [0.717, 1.165) is 38.3 Å². The van der Waals surface area contributed by atoms with Crippen LogP contribution in [0.1, 0.15) is 43.9 Å². The maximum absolute atomic E-state index is 13.9. The summed E-state index contributed by atoms with van der Waals surface area (Å²) < 4.78 is 25.4. The molecule has 0 radical (unpaired) electrons. The molecule has 0 fully saturated rings. The van der Waals surface area contributed by atoms with Crippen LogP contribution in [0.2, 0.25) is 0 Å². The topological polar surface area (TPSA) is 40.1 Å². The van der Waals surface area contributed by atoms with Crippen molar-refractivity contribution in [2.75, 3.05) is 6.26 Å². The van der Waals surface area contributed by atoms with Gasteiger partial charge in [0.25, 0.3) is 0 Å². The molecule has 0 saturated heterocycles. The van der Waals surface area contributed by atoms with Crippen molar-refractivity contribution in [3.8, 4) is 0 Å². The minimum atomic E-state index is -1.01. The number of halogens is 1. The van der Waals surface area contributed by atoms with Gasteiger partial charge in [-0.3, -0.25) is 4.79 Å². The number of rotatable bonds is 5. The van der Waals surface area contributed by atoms with E-state index in [0.29, 0.717) is 6.42 Å². The number of fused-ring (bicyclic) bond motifs is 1. The van der Waals surface area contributed by atoms with Crippen molar-refractivity contribution in [1.29, 1.82) is 0 Å². The first-order valence-corrected chi connectivity index (χ1v) is 10.5. The molecule has 0 heterocycles. The highest BCUT2D eigenvalue weighted by atomic mass is 32.2. The third-order valence-electron chi connectivity index (χ3n) is 4.97. The van der Waals surface area contributed by atoms with Crippen LogP contribution in [0, 0.1) is 11.7 Å². The molecule has 0 aromatic heterocycles. The number of ketones is 1. The Morgan fingerprint density at radius 3 is 2.41 bits per heavy atom. The Kier molecular flexibility index (Phi) is 5.68. The number of Topliss-reactive ketones (excluding diaryl/α,β-unsaturated/α-hetero) is 1. The van der Waals surface area contributed by atoms with E-state index in [1.165, 1.54) is 12.1 Å². The van der Waals surface area contributed by atoms with Gasteiger partial charge in [0, 0.05) is 12.3 Å². The van der Waals surface area contributed by atoms with E-state index in [2.05, 4.69) is 0 Å². The molecule has 27 heavy (non-hydrogen) atoms. The summed E-state index contributed by atoms with van der Waals surface area (Å²) in [5.74, 6) is -0.208. The average molecular weight is 383 g/mol. The zero-order valence-electron chi connectivity index (χ0n) is 16.0. The molecule has 4 heteroatoms. The molecule has 0 N–H and O–H groups in total. The lowest BCUT2D eigenvalue weighted by Gasteiger charge is -2.08. The molecule has 1 aliphatic rings. The Morgan fingerprint density at radius 2 is 1.81 bits per heavy atom. The summed E-state index contributed by atoms with van der Waals surface area (Å²) in [5, 5.41) is 0. The van der Waals surface area contributed by atoms with E-state index < -0.39 is 11.2 Å². The van der Waals surface area contributed by atoms with Crippen molar-refractivity contribution in [3.05, 3.63) is 70.5 Å². The Labute approximate surface area is 163 Å². The van der Waals surface area contributed by atoms with Crippen LogP contribution in [-0.2, 0) is 16.0 Å². The molecule has 0 bridgehead atoms. The lowest BCUT2D eigenvalue weighted by atomic mass is 9.96. The molecule has 0 amide bonds. The SMILES string of the molecule is CC1=C(CC(=O)C(C)C)c2cc(F)ccc2/C1=C\c1ccc([S+](C)[O-])cc1. The summed E-state index contributed by atoms with van der Waals surface area (Å²) in [6.07, 6.45) is 4.01. The van der Waals surface area contributed by atoms with E-state index in [9.17, 15) is 13.7 Å². The van der Waals surface area contributed by atoms with E-state index >= 15 is 0 Å². The number of hydrogen-bond acceptors (Lipinski definition) is 2. The molecular weight excluding hydrogens is 359 g/mol. The molecule has 0 aliphatic heterocycles. The van der Waals surface area contributed by atoms with E-state index in [-0.39, 0.29) is 17.5 Å². The normalized spacial score (nSPS) is 16.2. The van der Waals surface area contributed by atoms with Gasteiger partial charge in [-0.1, -0.05) is 19.9 Å². The second-order valence-corrected chi connectivity index (χ2v) is 8.55. The Hall–Kier alpha value is -2.17. The second kappa shape index (κ2) is 7.83. The highest BCUT2D eigenvalue weighted by Crippen LogP contribution is 2.44. The largest absolute Gasteiger partial charge is 0.612 e. The number of carbonyl (C=O) groups excluding carboxylic acids is 1. The maximum atomic E-state index is 13.9.